The third kappa shape index (κ3) is 6.83. The van der Waals surface area contributed by atoms with Crippen LogP contribution in [0.2, 0.25) is 0 Å². The Balaban J connectivity index is 1.82. The highest BCUT2D eigenvalue weighted by Gasteiger charge is 2.58. The van der Waals surface area contributed by atoms with E-state index < -0.39 is 73.1 Å². The maximum atomic E-state index is 15.2. The van der Waals surface area contributed by atoms with Gasteiger partial charge in [0.05, 0.1) is 18.9 Å². The number of carbonyl (C=O) groups excluding carboxylic acids is 1. The number of carbonyl (C=O) groups is 1. The zero-order valence-corrected chi connectivity index (χ0v) is 21.4. The number of benzene rings is 1. The van der Waals surface area contributed by atoms with E-state index in [2.05, 4.69) is 5.09 Å². The summed E-state index contributed by atoms with van der Waals surface area (Å²) in [5, 5.41) is 9.62. The van der Waals surface area contributed by atoms with Gasteiger partial charge >= 0.3 is 19.4 Å². The predicted molar refractivity (Wildman–Crippen MR) is 125 cm³/mol. The fraction of sp³-hybridized carbons (Fsp3) is 0.476. The number of alkyl halides is 2. The lowest BCUT2D eigenvalue weighted by Crippen LogP contribution is -2.42. The number of rotatable bonds is 10. The molecule has 1 saturated heterocycles. The van der Waals surface area contributed by atoms with Gasteiger partial charge < -0.3 is 19.1 Å². The molecule has 6 atom stereocenters. The summed E-state index contributed by atoms with van der Waals surface area (Å²) >= 11 is 5.78. The number of nitrogens with zero attached hydrogens (tertiary/aromatic N) is 1. The molecule has 0 spiro atoms. The zero-order chi connectivity index (χ0) is 27.5. The fourth-order valence-electron chi connectivity index (χ4n) is 3.25. The average Bonchev–Trinajstić information content (AvgIpc) is 3.03. The first-order valence-corrected chi connectivity index (χ1v) is 12.9. The van der Waals surface area contributed by atoms with Crippen LogP contribution in [-0.2, 0) is 23.4 Å². The van der Waals surface area contributed by atoms with E-state index in [1.807, 2.05) is 0 Å². The molecule has 0 aliphatic carbocycles. The molecule has 3 rings (SSSR count). The Hall–Kier alpha value is -2.61. The molecule has 1 fully saturated rings. The number of aliphatic hydroxyl groups excluding tert-OH is 1. The van der Waals surface area contributed by atoms with Gasteiger partial charge in [-0.15, -0.1) is 0 Å². The molecule has 16 heteroatoms. The molecule has 0 saturated carbocycles. The maximum absolute atomic E-state index is 15.2. The Morgan fingerprint density at radius 1 is 1.32 bits per heavy atom. The summed E-state index contributed by atoms with van der Waals surface area (Å²) in [6, 6.07) is 6.55. The number of aliphatic hydroxyl groups is 1. The first-order valence-electron chi connectivity index (χ1n) is 10.9. The van der Waals surface area contributed by atoms with Crippen molar-refractivity contribution in [3.8, 4) is 5.75 Å². The first kappa shape index (κ1) is 29.0. The number of aromatic nitrogens is 2. The van der Waals surface area contributed by atoms with Gasteiger partial charge in [-0.05, 0) is 32.9 Å². The van der Waals surface area contributed by atoms with Crippen molar-refractivity contribution in [3.63, 3.8) is 0 Å². The van der Waals surface area contributed by atoms with E-state index in [1.54, 1.807) is 37.0 Å². The van der Waals surface area contributed by atoms with Crippen molar-refractivity contribution < 1.29 is 41.8 Å². The summed E-state index contributed by atoms with van der Waals surface area (Å²) in [6.07, 6.45) is -6.02. The van der Waals surface area contributed by atoms with Crippen molar-refractivity contribution in [2.75, 3.05) is 6.61 Å². The predicted octanol–water partition coefficient (Wildman–Crippen LogP) is 1.97. The molecular formula is C21H25ClF2N3O9P. The van der Waals surface area contributed by atoms with E-state index in [0.29, 0.717) is 10.8 Å². The third-order valence-corrected chi connectivity index (χ3v) is 7.05. The molecule has 12 nitrogen and oxygen atoms in total. The largest absolute Gasteiger partial charge is 0.462 e. The number of para-hydroxylation sites is 1. The van der Waals surface area contributed by atoms with Crippen LogP contribution in [0.3, 0.4) is 0 Å². The molecule has 0 radical (unpaired) electrons. The van der Waals surface area contributed by atoms with Gasteiger partial charge in [0.25, 0.3) is 10.7 Å². The lowest BCUT2D eigenvalue weighted by Gasteiger charge is -2.25. The van der Waals surface area contributed by atoms with Crippen LogP contribution >= 0.6 is 19.3 Å². The summed E-state index contributed by atoms with van der Waals surface area (Å²) in [4.78, 5) is 37.2. The molecule has 1 aliphatic rings. The van der Waals surface area contributed by atoms with Crippen LogP contribution in [0.5, 0.6) is 5.75 Å². The van der Waals surface area contributed by atoms with E-state index in [-0.39, 0.29) is 5.75 Å². The Labute approximate surface area is 214 Å². The van der Waals surface area contributed by atoms with Crippen molar-refractivity contribution >= 4 is 25.3 Å². The van der Waals surface area contributed by atoms with Crippen LogP contribution < -0.4 is 20.9 Å². The highest BCUT2D eigenvalue weighted by Crippen LogP contribution is 2.48. The molecule has 37 heavy (non-hydrogen) atoms. The normalized spacial score (nSPS) is 26.0. The van der Waals surface area contributed by atoms with Crippen LogP contribution in [0, 0.1) is 5.82 Å². The van der Waals surface area contributed by atoms with E-state index >= 15 is 4.39 Å². The summed E-state index contributed by atoms with van der Waals surface area (Å²) in [5.74, 6) is -2.12. The lowest BCUT2D eigenvalue weighted by molar-refractivity contribution is -0.149. The van der Waals surface area contributed by atoms with Crippen molar-refractivity contribution in [2.24, 2.45) is 0 Å². The molecule has 1 aliphatic heterocycles. The monoisotopic (exact) mass is 567 g/mol. The van der Waals surface area contributed by atoms with Crippen LogP contribution in [0.1, 0.15) is 27.0 Å². The number of ether oxygens (including phenoxy) is 2. The third-order valence-electron chi connectivity index (χ3n) is 4.99. The smallest absolute Gasteiger partial charge is 0.459 e. The Morgan fingerprint density at radius 3 is 2.59 bits per heavy atom. The molecule has 204 valence electrons. The second-order valence-corrected chi connectivity index (χ2v) is 10.6. The SMILES string of the molecule is CC(C)OC(=O)[C@H](C)N[P@](=O)(OC[C@H]1O[C@@H](n2cc(F)c(=O)[nH]c2=O)[C@@](F)(Cl)[C@@H]1O)Oc1ccccc1. The summed E-state index contributed by atoms with van der Waals surface area (Å²) < 4.78 is 63.9. The molecular weight excluding hydrogens is 543 g/mol. The van der Waals surface area contributed by atoms with Crippen molar-refractivity contribution in [1.82, 2.24) is 14.6 Å². The minimum Gasteiger partial charge on any atom is -0.462 e. The summed E-state index contributed by atoms with van der Waals surface area (Å²) in [7, 11) is -4.41. The fourth-order valence-corrected chi connectivity index (χ4v) is 5.05. The van der Waals surface area contributed by atoms with Gasteiger partial charge in [0, 0.05) is 0 Å². The van der Waals surface area contributed by atoms with Crippen molar-refractivity contribution in [1.29, 1.82) is 0 Å². The Bertz CT molecular complexity index is 1270. The van der Waals surface area contributed by atoms with Gasteiger partial charge in [0.1, 0.15) is 24.0 Å². The lowest BCUT2D eigenvalue weighted by atomic mass is 10.1. The van der Waals surface area contributed by atoms with Gasteiger partial charge in [0.2, 0.25) is 5.82 Å². The topological polar surface area (TPSA) is 158 Å². The number of hydrogen-bond acceptors (Lipinski definition) is 9. The highest BCUT2D eigenvalue weighted by molar-refractivity contribution is 7.52. The van der Waals surface area contributed by atoms with Gasteiger partial charge in [-0.1, -0.05) is 29.8 Å². The molecule has 2 aromatic rings. The number of nitrogens with one attached hydrogen (secondary N) is 2. The average molecular weight is 568 g/mol. The molecule has 3 N–H and O–H groups in total. The first-order chi connectivity index (χ1) is 17.2. The minimum absolute atomic E-state index is 0.0842. The molecule has 1 aromatic carbocycles. The highest BCUT2D eigenvalue weighted by atomic mass is 35.5. The van der Waals surface area contributed by atoms with E-state index in [1.165, 1.54) is 19.1 Å². The van der Waals surface area contributed by atoms with Crippen LogP contribution in [0.25, 0.3) is 0 Å². The molecule has 0 amide bonds. The molecule has 1 aromatic heterocycles. The quantitative estimate of drug-likeness (QED) is 0.220. The number of H-pyrrole nitrogens is 1. The number of esters is 1. The van der Waals surface area contributed by atoms with Gasteiger partial charge in [0.15, 0.2) is 6.23 Å². The van der Waals surface area contributed by atoms with Crippen LogP contribution in [-0.4, -0.2) is 56.7 Å². The second kappa shape index (κ2) is 11.4. The van der Waals surface area contributed by atoms with Crippen molar-refractivity contribution in [3.05, 3.63) is 63.2 Å². The summed E-state index contributed by atoms with van der Waals surface area (Å²) in [6.45, 7) is 3.75. The Kier molecular flexibility index (Phi) is 8.93. The summed E-state index contributed by atoms with van der Waals surface area (Å²) in [5.41, 5.74) is -2.61. The number of hydrogen-bond donors (Lipinski definition) is 3. The maximum Gasteiger partial charge on any atom is 0.459 e. The molecule has 0 bridgehead atoms. The van der Waals surface area contributed by atoms with E-state index in [0.717, 1.165) is 0 Å². The van der Waals surface area contributed by atoms with Crippen molar-refractivity contribution in [2.45, 2.75) is 56.5 Å². The van der Waals surface area contributed by atoms with Crippen LogP contribution in [0.15, 0.2) is 46.1 Å². The zero-order valence-electron chi connectivity index (χ0n) is 19.8. The van der Waals surface area contributed by atoms with Gasteiger partial charge in [-0.3, -0.25) is 23.7 Å². The Morgan fingerprint density at radius 2 is 1.97 bits per heavy atom. The standard InChI is InChI=1S/C21H25ClF2N3O9P/c1-11(2)34-18(30)12(3)26-37(32,36-13-7-5-4-6-8-13)33-10-15-16(28)21(22,24)19(35-15)27-9-14(23)17(29)25-20(27)31/h4-9,11-12,15-16,19,28H,10H2,1-3H3,(H,26,32)(H,25,29,31)/t12-,15+,16+,19+,21+,37-/m0/s1. The number of halogens is 3. The van der Waals surface area contributed by atoms with E-state index in [4.69, 9.17) is 30.1 Å². The second-order valence-electron chi connectivity index (χ2n) is 8.32. The van der Waals surface area contributed by atoms with Gasteiger partial charge in [-0.2, -0.15) is 9.48 Å². The molecule has 0 unspecified atom stereocenters. The molecule has 2 heterocycles. The van der Waals surface area contributed by atoms with E-state index in [9.17, 15) is 28.4 Å². The van der Waals surface area contributed by atoms with Crippen LogP contribution in [0.4, 0.5) is 8.78 Å². The minimum atomic E-state index is -4.41. The van der Waals surface area contributed by atoms with Gasteiger partial charge in [-0.25, -0.2) is 13.8 Å². The number of aromatic amines is 1.